The maximum absolute atomic E-state index is 12.4. The van der Waals surface area contributed by atoms with Gasteiger partial charge in [-0.15, -0.1) is 11.3 Å². The number of anilines is 1. The first kappa shape index (κ1) is 25.2. The van der Waals surface area contributed by atoms with E-state index < -0.39 is 24.5 Å². The van der Waals surface area contributed by atoms with Gasteiger partial charge < -0.3 is 24.3 Å². The number of carbonyl (C=O) groups excluding carboxylic acids is 4. The van der Waals surface area contributed by atoms with E-state index in [2.05, 4.69) is 5.32 Å². The van der Waals surface area contributed by atoms with Gasteiger partial charge in [0.2, 0.25) is 0 Å². The van der Waals surface area contributed by atoms with E-state index in [0.29, 0.717) is 47.3 Å². The van der Waals surface area contributed by atoms with E-state index in [9.17, 15) is 19.2 Å². The molecule has 1 N–H and O–H groups in total. The molecule has 0 saturated heterocycles. The average Bonchev–Trinajstić information content (AvgIpc) is 3.15. The van der Waals surface area contributed by atoms with Crippen molar-refractivity contribution in [3.63, 3.8) is 0 Å². The van der Waals surface area contributed by atoms with Crippen LogP contribution >= 0.6 is 11.3 Å². The molecule has 10 heteroatoms. The van der Waals surface area contributed by atoms with E-state index in [-0.39, 0.29) is 25.2 Å². The molecule has 1 aromatic heterocycles. The molecule has 0 aliphatic carbocycles. The first-order valence-corrected chi connectivity index (χ1v) is 11.8. The molecule has 0 unspecified atom stereocenters. The number of hydrogen-bond acceptors (Lipinski definition) is 9. The molecule has 0 saturated carbocycles. The van der Waals surface area contributed by atoms with Gasteiger partial charge in [-0.25, -0.2) is 4.79 Å². The van der Waals surface area contributed by atoms with Gasteiger partial charge in [0.1, 0.15) is 18.2 Å². The Labute approximate surface area is 201 Å². The maximum atomic E-state index is 12.4. The van der Waals surface area contributed by atoms with Crippen molar-refractivity contribution in [1.82, 2.24) is 0 Å². The van der Waals surface area contributed by atoms with Gasteiger partial charge in [0.25, 0.3) is 5.91 Å². The maximum Gasteiger partial charge on any atom is 0.341 e. The monoisotopic (exact) mass is 489 g/mol. The molecule has 1 aliphatic heterocycles. The van der Waals surface area contributed by atoms with Crippen molar-refractivity contribution in [3.8, 4) is 11.5 Å². The first-order chi connectivity index (χ1) is 16.3. The Kier molecular flexibility index (Phi) is 8.64. The number of nitrogens with one attached hydrogen (secondary N) is 1. The molecular weight excluding hydrogens is 462 g/mol. The van der Waals surface area contributed by atoms with Crippen molar-refractivity contribution in [1.29, 1.82) is 0 Å². The first-order valence-electron chi connectivity index (χ1n) is 11.0. The van der Waals surface area contributed by atoms with Crippen LogP contribution in [-0.2, 0) is 25.5 Å². The van der Waals surface area contributed by atoms with Gasteiger partial charge in [-0.05, 0) is 44.0 Å². The summed E-state index contributed by atoms with van der Waals surface area (Å²) in [6.45, 7) is 6.03. The molecule has 0 radical (unpaired) electrons. The quantitative estimate of drug-likeness (QED) is 0.396. The zero-order valence-corrected chi connectivity index (χ0v) is 20.2. The molecule has 34 heavy (non-hydrogen) atoms. The fourth-order valence-corrected chi connectivity index (χ4v) is 4.62. The molecule has 0 bridgehead atoms. The van der Waals surface area contributed by atoms with Crippen LogP contribution in [0.5, 0.6) is 11.5 Å². The number of hydrogen-bond donors (Lipinski definition) is 1. The number of fused-ring (bicyclic) bond motifs is 1. The zero-order chi connectivity index (χ0) is 24.7. The van der Waals surface area contributed by atoms with E-state index >= 15 is 0 Å². The van der Waals surface area contributed by atoms with E-state index in [0.717, 1.165) is 10.4 Å². The predicted molar refractivity (Wildman–Crippen MR) is 125 cm³/mol. The summed E-state index contributed by atoms with van der Waals surface area (Å²) >= 11 is 1.27. The average molecular weight is 490 g/mol. The molecule has 2 aromatic rings. The van der Waals surface area contributed by atoms with Gasteiger partial charge in [-0.3, -0.25) is 14.4 Å². The standard InChI is InChI=1S/C24H27NO8S/c1-4-16-14(3)34-23(22(16)24(29)30-5-2)25-20(27)13-33-21(28)9-7-17(26)15-6-8-18-19(12-15)32-11-10-31-18/h6,8,12H,4-5,7,9-11,13H2,1-3H3,(H,25,27). The van der Waals surface area contributed by atoms with Gasteiger partial charge in [0.15, 0.2) is 23.9 Å². The van der Waals surface area contributed by atoms with Gasteiger partial charge in [0, 0.05) is 16.9 Å². The smallest absolute Gasteiger partial charge is 0.341 e. The molecule has 182 valence electrons. The van der Waals surface area contributed by atoms with Crippen molar-refractivity contribution in [2.24, 2.45) is 0 Å². The van der Waals surface area contributed by atoms with Gasteiger partial charge in [-0.1, -0.05) is 6.92 Å². The molecule has 1 aromatic carbocycles. The highest BCUT2D eigenvalue weighted by atomic mass is 32.1. The molecule has 0 spiro atoms. The second kappa shape index (κ2) is 11.6. The minimum absolute atomic E-state index is 0.0723. The summed E-state index contributed by atoms with van der Waals surface area (Å²) < 4.78 is 21.0. The third-order valence-electron chi connectivity index (χ3n) is 5.08. The van der Waals surface area contributed by atoms with Gasteiger partial charge in [-0.2, -0.15) is 0 Å². The Hall–Kier alpha value is -3.40. The number of carbonyl (C=O) groups is 4. The summed E-state index contributed by atoms with van der Waals surface area (Å²) in [5.41, 5.74) is 1.55. The second-order valence-corrected chi connectivity index (χ2v) is 8.63. The van der Waals surface area contributed by atoms with Crippen molar-refractivity contribution in [2.75, 3.05) is 31.7 Å². The van der Waals surface area contributed by atoms with Crippen molar-refractivity contribution in [3.05, 3.63) is 39.8 Å². The van der Waals surface area contributed by atoms with Crippen LogP contribution in [0.2, 0.25) is 0 Å². The highest BCUT2D eigenvalue weighted by Gasteiger charge is 2.24. The number of aryl methyl sites for hydroxylation is 1. The van der Waals surface area contributed by atoms with Crippen LogP contribution in [0.4, 0.5) is 5.00 Å². The molecule has 0 fully saturated rings. The topological polar surface area (TPSA) is 117 Å². The summed E-state index contributed by atoms with van der Waals surface area (Å²) in [6, 6.07) is 4.86. The van der Waals surface area contributed by atoms with Crippen molar-refractivity contribution < 1.29 is 38.1 Å². The van der Waals surface area contributed by atoms with Crippen LogP contribution in [0.1, 0.15) is 57.8 Å². The van der Waals surface area contributed by atoms with Crippen LogP contribution in [0, 0.1) is 6.92 Å². The van der Waals surface area contributed by atoms with E-state index in [1.807, 2.05) is 13.8 Å². The third-order valence-corrected chi connectivity index (χ3v) is 6.14. The Balaban J connectivity index is 1.50. The minimum atomic E-state index is -0.678. The zero-order valence-electron chi connectivity index (χ0n) is 19.4. The number of ketones is 1. The molecule has 0 atom stereocenters. The lowest BCUT2D eigenvalue weighted by molar-refractivity contribution is -0.147. The lowest BCUT2D eigenvalue weighted by atomic mass is 10.1. The molecule has 1 aliphatic rings. The van der Waals surface area contributed by atoms with Crippen molar-refractivity contribution in [2.45, 2.75) is 40.0 Å². The van der Waals surface area contributed by atoms with Crippen LogP contribution in [0.3, 0.4) is 0 Å². The molecule has 1 amide bonds. The molecule has 3 rings (SSSR count). The van der Waals surface area contributed by atoms with Crippen LogP contribution in [0.25, 0.3) is 0 Å². The summed E-state index contributed by atoms with van der Waals surface area (Å²) in [7, 11) is 0. The fourth-order valence-electron chi connectivity index (χ4n) is 3.47. The predicted octanol–water partition coefficient (Wildman–Crippen LogP) is 3.71. The van der Waals surface area contributed by atoms with E-state index in [1.165, 1.54) is 11.3 Å². The summed E-state index contributed by atoms with van der Waals surface area (Å²) in [6.07, 6.45) is 0.364. The fraction of sp³-hybridized carbons (Fsp3) is 0.417. The minimum Gasteiger partial charge on any atom is -0.486 e. The molecular formula is C24H27NO8S. The number of benzene rings is 1. The van der Waals surface area contributed by atoms with Crippen LogP contribution in [0.15, 0.2) is 18.2 Å². The van der Waals surface area contributed by atoms with E-state index in [4.69, 9.17) is 18.9 Å². The Morgan fingerprint density at radius 3 is 2.47 bits per heavy atom. The van der Waals surface area contributed by atoms with Crippen molar-refractivity contribution >= 4 is 40.0 Å². The summed E-state index contributed by atoms with van der Waals surface area (Å²) in [5.74, 6) is -0.948. The number of thiophene rings is 1. The van der Waals surface area contributed by atoms with Crippen LogP contribution < -0.4 is 14.8 Å². The normalized spacial score (nSPS) is 12.1. The highest BCUT2D eigenvalue weighted by Crippen LogP contribution is 2.34. The van der Waals surface area contributed by atoms with E-state index in [1.54, 1.807) is 25.1 Å². The lowest BCUT2D eigenvalue weighted by Gasteiger charge is -2.18. The Morgan fingerprint density at radius 2 is 1.76 bits per heavy atom. The third kappa shape index (κ3) is 6.13. The summed E-state index contributed by atoms with van der Waals surface area (Å²) in [5, 5.41) is 2.99. The number of Topliss-reactive ketones (excluding diaryl/α,β-unsaturated/α-hetero) is 1. The Morgan fingerprint density at radius 1 is 1.03 bits per heavy atom. The largest absolute Gasteiger partial charge is 0.486 e. The van der Waals surface area contributed by atoms with Gasteiger partial charge >= 0.3 is 11.9 Å². The lowest BCUT2D eigenvalue weighted by Crippen LogP contribution is -2.22. The number of amides is 1. The van der Waals surface area contributed by atoms with Gasteiger partial charge in [0.05, 0.1) is 18.6 Å². The number of esters is 2. The molecule has 2 heterocycles. The van der Waals surface area contributed by atoms with Crippen LogP contribution in [-0.4, -0.2) is 50.1 Å². The number of ether oxygens (including phenoxy) is 4. The SMILES string of the molecule is CCOC(=O)c1c(NC(=O)COC(=O)CCC(=O)c2ccc3c(c2)OCCO3)sc(C)c1CC. The highest BCUT2D eigenvalue weighted by molar-refractivity contribution is 7.16. The summed E-state index contributed by atoms with van der Waals surface area (Å²) in [4.78, 5) is 50.0. The Bertz CT molecular complexity index is 1090. The number of rotatable bonds is 10. The second-order valence-electron chi connectivity index (χ2n) is 7.41. The molecule has 9 nitrogen and oxygen atoms in total.